The third kappa shape index (κ3) is 3.58. The highest BCUT2D eigenvalue weighted by Gasteiger charge is 2.48. The Balaban J connectivity index is 2.14. The van der Waals surface area contributed by atoms with Gasteiger partial charge in [0, 0.05) is 25.3 Å². The normalized spacial score (nSPS) is 30.9. The van der Waals surface area contributed by atoms with Crippen LogP contribution in [0, 0.1) is 22.2 Å². The van der Waals surface area contributed by atoms with Gasteiger partial charge in [-0.15, -0.1) is 0 Å². The van der Waals surface area contributed by atoms with Gasteiger partial charge in [0.1, 0.15) is 11.6 Å². The molecular formula is C17H27N3O. The average molecular weight is 289 g/mol. The van der Waals surface area contributed by atoms with Gasteiger partial charge in [-0.05, 0) is 36.5 Å². The van der Waals surface area contributed by atoms with Crippen molar-refractivity contribution < 1.29 is 4.79 Å². The number of hydrogen-bond donors (Lipinski definition) is 1. The van der Waals surface area contributed by atoms with Crippen LogP contribution in [0.15, 0.2) is 11.8 Å². The van der Waals surface area contributed by atoms with E-state index in [0.29, 0.717) is 23.4 Å². The standard InChI is InChI=1S/C17H27N3O/c1-5-6-19-15(21)13(9-18)10-20-12-17(4)8-14(20)7-16(2,3)11-17/h10,14H,5-8,11-12H2,1-4H3,(H,19,21)/b13-10-. The number of rotatable bonds is 4. The molecule has 0 aromatic rings. The fraction of sp³-hybridized carbons (Fsp3) is 0.765. The molecule has 0 aromatic heterocycles. The zero-order valence-corrected chi connectivity index (χ0v) is 13.7. The lowest BCUT2D eigenvalue weighted by atomic mass is 9.65. The number of likely N-dealkylation sites (tertiary alicyclic amines) is 1. The van der Waals surface area contributed by atoms with Crippen molar-refractivity contribution in [2.75, 3.05) is 13.1 Å². The first-order chi connectivity index (χ1) is 9.78. The van der Waals surface area contributed by atoms with Gasteiger partial charge in [0.05, 0.1) is 0 Å². The van der Waals surface area contributed by atoms with Crippen LogP contribution in [0.5, 0.6) is 0 Å². The molecule has 2 aliphatic rings. The van der Waals surface area contributed by atoms with E-state index >= 15 is 0 Å². The minimum Gasteiger partial charge on any atom is -0.373 e. The van der Waals surface area contributed by atoms with Gasteiger partial charge < -0.3 is 10.2 Å². The van der Waals surface area contributed by atoms with E-state index in [1.165, 1.54) is 12.8 Å². The summed E-state index contributed by atoms with van der Waals surface area (Å²) in [5, 5.41) is 12.0. The van der Waals surface area contributed by atoms with Crippen molar-refractivity contribution in [3.8, 4) is 6.07 Å². The summed E-state index contributed by atoms with van der Waals surface area (Å²) in [6.45, 7) is 10.5. The maximum Gasteiger partial charge on any atom is 0.263 e. The topological polar surface area (TPSA) is 56.1 Å². The van der Waals surface area contributed by atoms with Crippen LogP contribution in [0.3, 0.4) is 0 Å². The number of nitriles is 1. The Morgan fingerprint density at radius 2 is 2.14 bits per heavy atom. The van der Waals surface area contributed by atoms with Gasteiger partial charge in [0.25, 0.3) is 5.91 Å². The summed E-state index contributed by atoms with van der Waals surface area (Å²) < 4.78 is 0. The van der Waals surface area contributed by atoms with Crippen molar-refractivity contribution in [1.29, 1.82) is 5.26 Å². The van der Waals surface area contributed by atoms with Crippen LogP contribution in [-0.2, 0) is 4.79 Å². The van der Waals surface area contributed by atoms with Crippen molar-refractivity contribution in [2.24, 2.45) is 10.8 Å². The van der Waals surface area contributed by atoms with Gasteiger partial charge >= 0.3 is 0 Å². The number of nitrogens with one attached hydrogen (secondary N) is 1. The maximum absolute atomic E-state index is 12.0. The minimum atomic E-state index is -0.245. The van der Waals surface area contributed by atoms with Crippen LogP contribution in [0.2, 0.25) is 0 Å². The average Bonchev–Trinajstić information content (AvgIpc) is 2.61. The second-order valence-corrected chi connectivity index (χ2v) is 7.80. The smallest absolute Gasteiger partial charge is 0.263 e. The molecule has 2 rings (SSSR count). The lowest BCUT2D eigenvalue weighted by Crippen LogP contribution is -2.34. The van der Waals surface area contributed by atoms with Crippen molar-refractivity contribution in [2.45, 2.75) is 59.4 Å². The molecule has 2 bridgehead atoms. The van der Waals surface area contributed by atoms with Crippen molar-refractivity contribution in [3.63, 3.8) is 0 Å². The number of hydrogen-bond acceptors (Lipinski definition) is 3. The van der Waals surface area contributed by atoms with E-state index in [9.17, 15) is 10.1 Å². The zero-order valence-electron chi connectivity index (χ0n) is 13.7. The van der Waals surface area contributed by atoms with Crippen molar-refractivity contribution >= 4 is 5.91 Å². The highest BCUT2D eigenvalue weighted by molar-refractivity contribution is 5.97. The first-order valence-electron chi connectivity index (χ1n) is 7.94. The number of carbonyl (C=O) groups is 1. The second-order valence-electron chi connectivity index (χ2n) is 7.80. The lowest BCUT2D eigenvalue weighted by Gasteiger charge is -2.39. The number of amides is 1. The highest BCUT2D eigenvalue weighted by atomic mass is 16.1. The van der Waals surface area contributed by atoms with Crippen LogP contribution in [0.4, 0.5) is 0 Å². The number of fused-ring (bicyclic) bond motifs is 2. The second kappa shape index (κ2) is 5.71. The molecule has 2 fully saturated rings. The van der Waals surface area contributed by atoms with Crippen LogP contribution in [-0.4, -0.2) is 29.9 Å². The van der Waals surface area contributed by atoms with Crippen LogP contribution in [0.25, 0.3) is 0 Å². The van der Waals surface area contributed by atoms with Gasteiger partial charge in [-0.2, -0.15) is 5.26 Å². The maximum atomic E-state index is 12.0. The molecule has 1 saturated carbocycles. The van der Waals surface area contributed by atoms with Crippen molar-refractivity contribution in [3.05, 3.63) is 11.8 Å². The summed E-state index contributed by atoms with van der Waals surface area (Å²) >= 11 is 0. The number of carbonyl (C=O) groups excluding carboxylic acids is 1. The molecule has 1 aliphatic carbocycles. The Morgan fingerprint density at radius 3 is 2.76 bits per heavy atom. The quantitative estimate of drug-likeness (QED) is 0.639. The Hall–Kier alpha value is -1.50. The molecule has 0 spiro atoms. The van der Waals surface area contributed by atoms with E-state index in [1.54, 1.807) is 6.20 Å². The van der Waals surface area contributed by atoms with Gasteiger partial charge in [-0.25, -0.2) is 0 Å². The summed E-state index contributed by atoms with van der Waals surface area (Å²) in [5.41, 5.74) is 0.887. The van der Waals surface area contributed by atoms with E-state index in [1.807, 2.05) is 6.92 Å². The third-order valence-corrected chi connectivity index (χ3v) is 4.65. The van der Waals surface area contributed by atoms with Crippen LogP contribution in [0.1, 0.15) is 53.4 Å². The lowest BCUT2D eigenvalue weighted by molar-refractivity contribution is -0.117. The van der Waals surface area contributed by atoms with Crippen LogP contribution < -0.4 is 5.32 Å². The molecule has 1 N–H and O–H groups in total. The first kappa shape index (κ1) is 15.9. The fourth-order valence-corrected chi connectivity index (χ4v) is 4.29. The van der Waals surface area contributed by atoms with E-state index < -0.39 is 0 Å². The molecule has 1 heterocycles. The molecule has 1 saturated heterocycles. The van der Waals surface area contributed by atoms with E-state index in [2.05, 4.69) is 37.1 Å². The van der Waals surface area contributed by atoms with Crippen LogP contribution >= 0.6 is 0 Å². The Bertz CT molecular complexity index is 489. The summed E-state index contributed by atoms with van der Waals surface area (Å²) in [6, 6.07) is 2.52. The van der Waals surface area contributed by atoms with Gasteiger partial charge in [-0.3, -0.25) is 4.79 Å². The van der Waals surface area contributed by atoms with Gasteiger partial charge in [0.2, 0.25) is 0 Å². The molecule has 1 amide bonds. The summed E-state index contributed by atoms with van der Waals surface area (Å²) in [7, 11) is 0. The Labute approximate surface area is 128 Å². The summed E-state index contributed by atoms with van der Waals surface area (Å²) in [4.78, 5) is 14.2. The molecule has 4 heteroatoms. The first-order valence-corrected chi connectivity index (χ1v) is 7.94. The highest BCUT2D eigenvalue weighted by Crippen LogP contribution is 2.52. The van der Waals surface area contributed by atoms with Crippen molar-refractivity contribution in [1.82, 2.24) is 10.2 Å². The molecule has 2 atom stereocenters. The predicted molar refractivity (Wildman–Crippen MR) is 83.2 cm³/mol. The summed E-state index contributed by atoms with van der Waals surface area (Å²) in [5.74, 6) is -0.245. The fourth-order valence-electron chi connectivity index (χ4n) is 4.29. The van der Waals surface area contributed by atoms with E-state index in [-0.39, 0.29) is 11.5 Å². The molecular weight excluding hydrogens is 262 g/mol. The Morgan fingerprint density at radius 1 is 1.43 bits per heavy atom. The SMILES string of the molecule is CCCNC(=O)/C(C#N)=C\N1CC2(C)CC1CC(C)(C)C2. The molecule has 116 valence electrons. The molecule has 0 aromatic carbocycles. The van der Waals surface area contributed by atoms with Gasteiger partial charge in [0.15, 0.2) is 0 Å². The molecule has 4 nitrogen and oxygen atoms in total. The zero-order chi connectivity index (χ0) is 15.7. The molecule has 2 unspecified atom stereocenters. The number of nitrogens with zero attached hydrogens (tertiary/aromatic N) is 2. The van der Waals surface area contributed by atoms with Gasteiger partial charge in [-0.1, -0.05) is 27.7 Å². The monoisotopic (exact) mass is 289 g/mol. The third-order valence-electron chi connectivity index (χ3n) is 4.65. The predicted octanol–water partition coefficient (Wildman–Crippen LogP) is 2.82. The van der Waals surface area contributed by atoms with E-state index in [0.717, 1.165) is 19.4 Å². The Kier molecular flexibility index (Phi) is 4.32. The molecule has 0 radical (unpaired) electrons. The van der Waals surface area contributed by atoms with E-state index in [4.69, 9.17) is 0 Å². The minimum absolute atomic E-state index is 0.234. The molecule has 1 aliphatic heterocycles. The molecule has 21 heavy (non-hydrogen) atoms. The largest absolute Gasteiger partial charge is 0.373 e. The summed E-state index contributed by atoms with van der Waals surface area (Å²) in [6.07, 6.45) is 6.19.